The molecule has 0 radical (unpaired) electrons. The predicted molar refractivity (Wildman–Crippen MR) is 141 cm³/mol. The van der Waals surface area contributed by atoms with Crippen molar-refractivity contribution in [3.8, 4) is 0 Å². The van der Waals surface area contributed by atoms with E-state index in [4.69, 9.17) is 23.7 Å². The normalized spacial score (nSPS) is 22.3. The van der Waals surface area contributed by atoms with Crippen LogP contribution in [0.4, 0.5) is 0 Å². The monoisotopic (exact) mass is 596 g/mol. The lowest BCUT2D eigenvalue weighted by Gasteiger charge is -2.43. The number of carbonyl (C=O) groups excluding carboxylic acids is 4. The highest BCUT2D eigenvalue weighted by Crippen LogP contribution is 2.33. The maximum atomic E-state index is 13.2. The summed E-state index contributed by atoms with van der Waals surface area (Å²) in [4.78, 5) is 50.8. The lowest BCUT2D eigenvalue weighted by atomic mass is 9.99. The molecule has 0 aromatic heterocycles. The van der Waals surface area contributed by atoms with Gasteiger partial charge in [0.25, 0.3) is 0 Å². The van der Waals surface area contributed by atoms with Gasteiger partial charge in [-0.3, -0.25) is 4.79 Å². The van der Waals surface area contributed by atoms with Crippen molar-refractivity contribution in [3.05, 3.63) is 108 Å². The molecule has 0 N–H and O–H groups in total. The number of rotatable bonds is 8. The van der Waals surface area contributed by atoms with Crippen LogP contribution in [0.2, 0.25) is 0 Å². The number of hydrogen-bond acceptors (Lipinski definition) is 9. The molecule has 0 unspecified atom stereocenters. The van der Waals surface area contributed by atoms with Crippen LogP contribution in [0.15, 0.2) is 91.0 Å². The minimum Gasteiger partial charge on any atom is -0.463 e. The second-order valence-electron chi connectivity index (χ2n) is 8.54. The Labute approximate surface area is 233 Å². The Morgan fingerprint density at radius 3 is 1.44 bits per heavy atom. The third kappa shape index (κ3) is 7.30. The third-order valence-corrected chi connectivity index (χ3v) is 6.52. The van der Waals surface area contributed by atoms with Crippen molar-refractivity contribution in [2.24, 2.45) is 0 Å². The van der Waals surface area contributed by atoms with E-state index in [-0.39, 0.29) is 23.3 Å². The summed E-state index contributed by atoms with van der Waals surface area (Å²) in [5.74, 6) is -2.77. The highest BCUT2D eigenvalue weighted by molar-refractivity contribution is 9.09. The molecule has 1 aliphatic heterocycles. The summed E-state index contributed by atoms with van der Waals surface area (Å²) in [5, 5.41) is -1.01. The van der Waals surface area contributed by atoms with Gasteiger partial charge in [-0.15, -0.1) is 0 Å². The van der Waals surface area contributed by atoms with E-state index in [1.807, 2.05) is 0 Å². The van der Waals surface area contributed by atoms with Crippen LogP contribution in [-0.2, 0) is 28.5 Å². The van der Waals surface area contributed by atoms with Crippen LogP contribution >= 0.6 is 15.9 Å². The number of ether oxygens (including phenoxy) is 5. The molecule has 1 fully saturated rings. The zero-order valence-electron chi connectivity index (χ0n) is 20.8. The number of esters is 4. The predicted octanol–water partition coefficient (Wildman–Crippen LogP) is 4.35. The van der Waals surface area contributed by atoms with Crippen LogP contribution in [0.25, 0.3) is 0 Å². The fourth-order valence-corrected chi connectivity index (χ4v) is 4.58. The molecule has 9 nitrogen and oxygen atoms in total. The van der Waals surface area contributed by atoms with Crippen molar-refractivity contribution in [3.63, 3.8) is 0 Å². The van der Waals surface area contributed by atoms with Gasteiger partial charge in [-0.05, 0) is 36.4 Å². The average Bonchev–Trinajstić information content (AvgIpc) is 2.96. The highest BCUT2D eigenvalue weighted by Gasteiger charge is 2.52. The van der Waals surface area contributed by atoms with Gasteiger partial charge >= 0.3 is 23.9 Å². The summed E-state index contributed by atoms with van der Waals surface area (Å²) in [6, 6.07) is 24.6. The quantitative estimate of drug-likeness (QED) is 0.213. The molecule has 5 atom stereocenters. The molecular weight excluding hydrogens is 572 g/mol. The Hall–Kier alpha value is -4.02. The van der Waals surface area contributed by atoms with Crippen molar-refractivity contribution in [2.75, 3.05) is 6.61 Å². The number of halogens is 1. The Bertz CT molecular complexity index is 1280. The Balaban J connectivity index is 1.69. The van der Waals surface area contributed by atoms with Gasteiger partial charge in [0.15, 0.2) is 23.3 Å². The molecule has 3 aromatic rings. The van der Waals surface area contributed by atoms with E-state index in [2.05, 4.69) is 15.9 Å². The van der Waals surface area contributed by atoms with E-state index < -0.39 is 53.3 Å². The van der Waals surface area contributed by atoms with Crippen molar-refractivity contribution in [2.45, 2.75) is 36.4 Å². The number of alkyl halides is 1. The topological polar surface area (TPSA) is 114 Å². The molecule has 1 heterocycles. The summed E-state index contributed by atoms with van der Waals surface area (Å²) in [7, 11) is 0. The maximum absolute atomic E-state index is 13.2. The summed E-state index contributed by atoms with van der Waals surface area (Å²) < 4.78 is 28.5. The Morgan fingerprint density at radius 2 is 1.03 bits per heavy atom. The van der Waals surface area contributed by atoms with Crippen LogP contribution in [0.3, 0.4) is 0 Å². The minimum atomic E-state index is -1.34. The van der Waals surface area contributed by atoms with Gasteiger partial charge in [-0.1, -0.05) is 70.5 Å². The second-order valence-corrected chi connectivity index (χ2v) is 9.44. The summed E-state index contributed by atoms with van der Waals surface area (Å²) in [6.45, 7) is 0.902. The summed E-state index contributed by atoms with van der Waals surface area (Å²) in [6.07, 6.45) is -4.96. The summed E-state index contributed by atoms with van der Waals surface area (Å²) >= 11 is 3.36. The van der Waals surface area contributed by atoms with Gasteiger partial charge in [0.1, 0.15) is 12.7 Å². The number of hydrogen-bond donors (Lipinski definition) is 0. The number of benzene rings is 3. The SMILES string of the molecule is CC(=O)OC[C@H]1O[C@H](Br)[C@H](OC(=O)c2ccccc2)[C@@H](OC(=O)c2ccccc2)[C@@H]1OC(=O)c1ccccc1. The van der Waals surface area contributed by atoms with E-state index in [0.29, 0.717) is 0 Å². The molecule has 1 saturated heterocycles. The zero-order valence-corrected chi connectivity index (χ0v) is 22.4. The molecule has 0 spiro atoms. The molecular formula is C29H25BrO9. The standard InChI is InChI=1S/C29H25BrO9/c1-18(31)35-17-22-23(37-27(32)19-11-5-2-6-12-19)24(38-28(33)20-13-7-3-8-14-20)25(26(30)36-22)39-29(34)21-15-9-4-10-16-21/h2-16,22-26H,17H2,1H3/t22-,23-,24+,25-,26+/m1/s1. The average molecular weight is 597 g/mol. The van der Waals surface area contributed by atoms with Crippen LogP contribution in [0.5, 0.6) is 0 Å². The maximum Gasteiger partial charge on any atom is 0.338 e. The first kappa shape index (κ1) is 28.0. The zero-order chi connectivity index (χ0) is 27.8. The molecule has 202 valence electrons. The van der Waals surface area contributed by atoms with E-state index in [1.165, 1.54) is 6.92 Å². The smallest absolute Gasteiger partial charge is 0.338 e. The molecule has 0 bridgehead atoms. The summed E-state index contributed by atoms with van der Waals surface area (Å²) in [5.41, 5.74) is 0.716. The van der Waals surface area contributed by atoms with E-state index in [1.54, 1.807) is 91.0 Å². The van der Waals surface area contributed by atoms with Gasteiger partial charge in [0, 0.05) is 6.92 Å². The van der Waals surface area contributed by atoms with Crippen molar-refractivity contribution >= 4 is 39.8 Å². The first-order valence-electron chi connectivity index (χ1n) is 12.0. The molecule has 0 amide bonds. The van der Waals surface area contributed by atoms with Crippen molar-refractivity contribution in [1.29, 1.82) is 0 Å². The molecule has 1 aliphatic rings. The van der Waals surface area contributed by atoms with Gasteiger partial charge in [-0.25, -0.2) is 14.4 Å². The van der Waals surface area contributed by atoms with E-state index >= 15 is 0 Å². The van der Waals surface area contributed by atoms with E-state index in [9.17, 15) is 19.2 Å². The van der Waals surface area contributed by atoms with Gasteiger partial charge in [-0.2, -0.15) is 0 Å². The minimum absolute atomic E-state index is 0.230. The first-order chi connectivity index (χ1) is 18.8. The van der Waals surface area contributed by atoms with Gasteiger partial charge in [0.2, 0.25) is 0 Å². The lowest BCUT2D eigenvalue weighted by Crippen LogP contribution is -2.61. The van der Waals surface area contributed by atoms with Crippen LogP contribution in [0.1, 0.15) is 38.0 Å². The fraction of sp³-hybridized carbons (Fsp3) is 0.241. The number of carbonyl (C=O) groups is 4. The third-order valence-electron chi connectivity index (χ3n) is 5.79. The molecule has 39 heavy (non-hydrogen) atoms. The first-order valence-corrected chi connectivity index (χ1v) is 13.0. The Morgan fingerprint density at radius 1 is 0.641 bits per heavy atom. The fourth-order valence-electron chi connectivity index (χ4n) is 3.90. The molecule has 4 rings (SSSR count). The Kier molecular flexibility index (Phi) is 9.45. The van der Waals surface area contributed by atoms with Gasteiger partial charge in [0.05, 0.1) is 16.7 Å². The lowest BCUT2D eigenvalue weighted by molar-refractivity contribution is -0.209. The molecule has 0 saturated carbocycles. The van der Waals surface area contributed by atoms with Gasteiger partial charge < -0.3 is 23.7 Å². The molecule has 0 aliphatic carbocycles. The largest absolute Gasteiger partial charge is 0.463 e. The van der Waals surface area contributed by atoms with Crippen LogP contribution in [-0.4, -0.2) is 59.9 Å². The molecule has 10 heteroatoms. The van der Waals surface area contributed by atoms with Crippen molar-refractivity contribution < 1.29 is 42.9 Å². The highest BCUT2D eigenvalue weighted by atomic mass is 79.9. The second kappa shape index (κ2) is 13.2. The van der Waals surface area contributed by atoms with E-state index in [0.717, 1.165) is 0 Å². The van der Waals surface area contributed by atoms with Crippen molar-refractivity contribution in [1.82, 2.24) is 0 Å². The van der Waals surface area contributed by atoms with Crippen LogP contribution in [0, 0.1) is 0 Å². The molecule has 3 aromatic carbocycles. The van der Waals surface area contributed by atoms with Crippen LogP contribution < -0.4 is 0 Å².